The third-order valence-electron chi connectivity index (χ3n) is 5.07. The van der Waals surface area contributed by atoms with Gasteiger partial charge in [-0.25, -0.2) is 4.98 Å². The smallest absolute Gasteiger partial charge is 0.224 e. The van der Waals surface area contributed by atoms with Gasteiger partial charge in [0.2, 0.25) is 5.88 Å². The number of hydrogen-bond acceptors (Lipinski definition) is 6. The predicted octanol–water partition coefficient (Wildman–Crippen LogP) is 3.79. The average Bonchev–Trinajstić information content (AvgIpc) is 3.47. The summed E-state index contributed by atoms with van der Waals surface area (Å²) >= 11 is 0. The minimum Gasteiger partial charge on any atom is -0.477 e. The topological polar surface area (TPSA) is 81.0 Å². The summed E-state index contributed by atoms with van der Waals surface area (Å²) in [5.74, 6) is 2.15. The van der Waals surface area contributed by atoms with Gasteiger partial charge in [-0.1, -0.05) is 12.1 Å². The molecule has 1 aliphatic rings. The van der Waals surface area contributed by atoms with Gasteiger partial charge >= 0.3 is 0 Å². The lowest BCUT2D eigenvalue weighted by Gasteiger charge is -2.11. The van der Waals surface area contributed by atoms with Gasteiger partial charge in [0.25, 0.3) is 0 Å². The first-order valence-corrected chi connectivity index (χ1v) is 9.54. The van der Waals surface area contributed by atoms with Crippen LogP contribution in [-0.2, 0) is 0 Å². The summed E-state index contributed by atoms with van der Waals surface area (Å²) in [7, 11) is 0. The molecule has 1 unspecified atom stereocenters. The Labute approximate surface area is 164 Å². The summed E-state index contributed by atoms with van der Waals surface area (Å²) in [6.45, 7) is 6.19. The Bertz CT molecular complexity index is 955. The average molecular weight is 376 g/mol. The van der Waals surface area contributed by atoms with Gasteiger partial charge in [0.05, 0.1) is 24.0 Å². The molecule has 4 rings (SSSR count). The van der Waals surface area contributed by atoms with Crippen LogP contribution in [0.3, 0.4) is 0 Å². The molecule has 3 aromatic heterocycles. The van der Waals surface area contributed by atoms with E-state index in [0.29, 0.717) is 35.8 Å². The third kappa shape index (κ3) is 4.02. The molecule has 0 bridgehead atoms. The third-order valence-corrected chi connectivity index (χ3v) is 5.07. The highest BCUT2D eigenvalue weighted by Gasteiger charge is 2.40. The van der Waals surface area contributed by atoms with Crippen molar-refractivity contribution in [2.24, 2.45) is 5.92 Å². The Morgan fingerprint density at radius 1 is 1.07 bits per heavy atom. The zero-order valence-electron chi connectivity index (χ0n) is 16.3. The van der Waals surface area contributed by atoms with E-state index in [4.69, 9.17) is 4.74 Å². The minimum absolute atomic E-state index is 0.453. The molecule has 0 radical (unpaired) electrons. The van der Waals surface area contributed by atoms with Crippen LogP contribution in [0.2, 0.25) is 0 Å². The van der Waals surface area contributed by atoms with Crippen LogP contribution in [-0.4, -0.2) is 31.6 Å². The van der Waals surface area contributed by atoms with Gasteiger partial charge in [-0.15, -0.1) is 0 Å². The molecule has 3 aromatic rings. The molecule has 1 N–H and O–H groups in total. The molecule has 144 valence electrons. The van der Waals surface area contributed by atoms with Crippen LogP contribution in [0.15, 0.2) is 42.9 Å². The SMILES string of the molecule is Cc1ccc([C@H]2C[C@@H]2COc2nc(C)ncc2-c2ccc(C(C)O)nc2)nc1. The number of aliphatic hydroxyl groups is 1. The van der Waals surface area contributed by atoms with Crippen LogP contribution in [0.5, 0.6) is 5.88 Å². The van der Waals surface area contributed by atoms with Gasteiger partial charge in [-0.05, 0) is 44.9 Å². The van der Waals surface area contributed by atoms with E-state index in [1.165, 1.54) is 5.56 Å². The van der Waals surface area contributed by atoms with Crippen LogP contribution in [0.1, 0.15) is 48.1 Å². The molecule has 0 saturated heterocycles. The fourth-order valence-electron chi connectivity index (χ4n) is 3.25. The number of aliphatic hydroxyl groups excluding tert-OH is 1. The fourth-order valence-corrected chi connectivity index (χ4v) is 3.25. The van der Waals surface area contributed by atoms with Crippen molar-refractivity contribution < 1.29 is 9.84 Å². The van der Waals surface area contributed by atoms with Crippen molar-refractivity contribution in [1.29, 1.82) is 0 Å². The van der Waals surface area contributed by atoms with Crippen molar-refractivity contribution in [1.82, 2.24) is 19.9 Å². The molecule has 0 aliphatic heterocycles. The zero-order chi connectivity index (χ0) is 19.7. The maximum Gasteiger partial charge on any atom is 0.224 e. The summed E-state index contributed by atoms with van der Waals surface area (Å²) in [5, 5.41) is 9.65. The lowest BCUT2D eigenvalue weighted by Crippen LogP contribution is -2.06. The van der Waals surface area contributed by atoms with Crippen LogP contribution in [0.4, 0.5) is 0 Å². The quantitative estimate of drug-likeness (QED) is 0.705. The highest BCUT2D eigenvalue weighted by atomic mass is 16.5. The van der Waals surface area contributed by atoms with Gasteiger partial charge in [-0.2, -0.15) is 4.98 Å². The van der Waals surface area contributed by atoms with E-state index < -0.39 is 6.10 Å². The van der Waals surface area contributed by atoms with Crippen LogP contribution in [0.25, 0.3) is 11.1 Å². The largest absolute Gasteiger partial charge is 0.477 e. The number of pyridine rings is 2. The molecular weight excluding hydrogens is 352 g/mol. The molecule has 1 aliphatic carbocycles. The van der Waals surface area contributed by atoms with Crippen LogP contribution < -0.4 is 4.74 Å². The number of nitrogens with zero attached hydrogens (tertiary/aromatic N) is 4. The Hall–Kier alpha value is -2.86. The lowest BCUT2D eigenvalue weighted by atomic mass is 10.1. The van der Waals surface area contributed by atoms with Crippen molar-refractivity contribution in [2.75, 3.05) is 6.61 Å². The minimum atomic E-state index is -0.596. The molecule has 3 heterocycles. The van der Waals surface area contributed by atoms with Crippen molar-refractivity contribution in [3.8, 4) is 17.0 Å². The number of ether oxygens (including phenoxy) is 1. The van der Waals surface area contributed by atoms with E-state index in [1.807, 2.05) is 32.2 Å². The van der Waals surface area contributed by atoms with Gasteiger partial charge < -0.3 is 9.84 Å². The predicted molar refractivity (Wildman–Crippen MR) is 106 cm³/mol. The molecular formula is C22H24N4O2. The maximum absolute atomic E-state index is 9.65. The van der Waals surface area contributed by atoms with E-state index in [1.54, 1.807) is 19.3 Å². The molecule has 1 fully saturated rings. The number of aromatic nitrogens is 4. The lowest BCUT2D eigenvalue weighted by molar-refractivity contribution is 0.194. The molecule has 1 saturated carbocycles. The monoisotopic (exact) mass is 376 g/mol. The normalized spacial score (nSPS) is 19.3. The molecule has 6 nitrogen and oxygen atoms in total. The second kappa shape index (κ2) is 7.64. The fraction of sp³-hybridized carbons (Fsp3) is 0.364. The number of aryl methyl sites for hydroxylation is 2. The molecule has 28 heavy (non-hydrogen) atoms. The summed E-state index contributed by atoms with van der Waals surface area (Å²) in [4.78, 5) is 17.7. The highest BCUT2D eigenvalue weighted by Crippen LogP contribution is 2.47. The number of hydrogen-bond donors (Lipinski definition) is 1. The van der Waals surface area contributed by atoms with Gasteiger partial charge in [0.15, 0.2) is 0 Å². The Kier molecular flexibility index (Phi) is 5.05. The maximum atomic E-state index is 9.65. The molecule has 0 spiro atoms. The first-order valence-electron chi connectivity index (χ1n) is 9.54. The van der Waals surface area contributed by atoms with E-state index >= 15 is 0 Å². The summed E-state index contributed by atoms with van der Waals surface area (Å²) < 4.78 is 6.09. The van der Waals surface area contributed by atoms with Crippen molar-refractivity contribution >= 4 is 0 Å². The van der Waals surface area contributed by atoms with E-state index in [2.05, 4.69) is 32.1 Å². The second-order valence-corrected chi connectivity index (χ2v) is 7.46. The van der Waals surface area contributed by atoms with Crippen molar-refractivity contribution in [2.45, 2.75) is 39.2 Å². The second-order valence-electron chi connectivity index (χ2n) is 7.46. The zero-order valence-corrected chi connectivity index (χ0v) is 16.3. The first-order chi connectivity index (χ1) is 13.5. The van der Waals surface area contributed by atoms with Gasteiger partial charge in [0.1, 0.15) is 5.82 Å². The highest BCUT2D eigenvalue weighted by molar-refractivity contribution is 5.66. The molecule has 0 aromatic carbocycles. The van der Waals surface area contributed by atoms with Gasteiger partial charge in [0, 0.05) is 41.7 Å². The summed E-state index contributed by atoms with van der Waals surface area (Å²) in [6.07, 6.45) is 5.89. The van der Waals surface area contributed by atoms with Gasteiger partial charge in [-0.3, -0.25) is 9.97 Å². The first kappa shape index (κ1) is 18.5. The molecule has 0 amide bonds. The summed E-state index contributed by atoms with van der Waals surface area (Å²) in [6, 6.07) is 7.93. The van der Waals surface area contributed by atoms with E-state index in [-0.39, 0.29) is 0 Å². The van der Waals surface area contributed by atoms with E-state index in [0.717, 1.165) is 23.2 Å². The van der Waals surface area contributed by atoms with Crippen LogP contribution >= 0.6 is 0 Å². The Morgan fingerprint density at radius 2 is 1.93 bits per heavy atom. The van der Waals surface area contributed by atoms with E-state index in [9.17, 15) is 5.11 Å². The summed E-state index contributed by atoms with van der Waals surface area (Å²) in [5.41, 5.74) is 4.61. The molecule has 3 atom stereocenters. The van der Waals surface area contributed by atoms with Crippen molar-refractivity contribution in [3.63, 3.8) is 0 Å². The molecule has 6 heteroatoms. The number of rotatable bonds is 6. The van der Waals surface area contributed by atoms with Crippen LogP contribution in [0, 0.1) is 19.8 Å². The Balaban J connectivity index is 1.47. The Morgan fingerprint density at radius 3 is 2.61 bits per heavy atom. The van der Waals surface area contributed by atoms with Crippen molar-refractivity contribution in [3.05, 3.63) is 65.6 Å². The standard InChI is InChI=1S/C22H24N4O2/c1-13-4-6-21(24-9-13)18-8-17(18)12-28-22-19(11-23-15(3)26-22)16-5-7-20(14(2)27)25-10-16/h4-7,9-11,14,17-18,27H,8,12H2,1-3H3/t14?,17-,18+/m1/s1.